The SMILES string of the molecule is C=C1CCCC(C)(C)[C@H]1CC(=O)c1ccoc1. The van der Waals surface area contributed by atoms with Crippen LogP contribution in [0.15, 0.2) is 35.2 Å². The van der Waals surface area contributed by atoms with Gasteiger partial charge in [0.1, 0.15) is 6.26 Å². The average Bonchev–Trinajstić information content (AvgIpc) is 2.76. The second kappa shape index (κ2) is 4.52. The molecule has 1 atom stereocenters. The molecule has 2 rings (SSSR count). The van der Waals surface area contributed by atoms with Gasteiger partial charge in [0.2, 0.25) is 0 Å². The van der Waals surface area contributed by atoms with Crippen LogP contribution in [-0.2, 0) is 0 Å². The summed E-state index contributed by atoms with van der Waals surface area (Å²) in [6.07, 6.45) is 7.07. The molecule has 92 valence electrons. The molecule has 1 saturated carbocycles. The molecule has 0 amide bonds. The van der Waals surface area contributed by atoms with Crippen molar-refractivity contribution < 1.29 is 9.21 Å². The van der Waals surface area contributed by atoms with Crippen molar-refractivity contribution in [3.8, 4) is 0 Å². The predicted octanol–water partition coefficient (Wildman–Crippen LogP) is 4.23. The third kappa shape index (κ3) is 2.51. The first kappa shape index (κ1) is 12.2. The minimum absolute atomic E-state index is 0.167. The van der Waals surface area contributed by atoms with Crippen molar-refractivity contribution in [2.75, 3.05) is 0 Å². The van der Waals surface area contributed by atoms with Crippen LogP contribution < -0.4 is 0 Å². The third-order valence-corrected chi connectivity index (χ3v) is 3.99. The zero-order valence-electron chi connectivity index (χ0n) is 10.7. The molecule has 0 saturated heterocycles. The number of ketones is 1. The lowest BCUT2D eigenvalue weighted by Gasteiger charge is -2.40. The van der Waals surface area contributed by atoms with Crippen molar-refractivity contribution in [1.29, 1.82) is 0 Å². The van der Waals surface area contributed by atoms with Crippen LogP contribution in [0.1, 0.15) is 49.9 Å². The molecule has 2 nitrogen and oxygen atoms in total. The normalized spacial score (nSPS) is 23.6. The zero-order chi connectivity index (χ0) is 12.5. The Kier molecular flexibility index (Phi) is 3.23. The highest BCUT2D eigenvalue weighted by Gasteiger charge is 2.35. The van der Waals surface area contributed by atoms with Crippen molar-refractivity contribution in [3.05, 3.63) is 36.3 Å². The second-order valence-corrected chi connectivity index (χ2v) is 5.69. The van der Waals surface area contributed by atoms with Crippen molar-refractivity contribution in [3.63, 3.8) is 0 Å². The zero-order valence-corrected chi connectivity index (χ0v) is 10.7. The molecule has 17 heavy (non-hydrogen) atoms. The van der Waals surface area contributed by atoms with Crippen LogP contribution in [0.4, 0.5) is 0 Å². The van der Waals surface area contributed by atoms with Gasteiger partial charge in [0.25, 0.3) is 0 Å². The first-order valence-corrected chi connectivity index (χ1v) is 6.24. The van der Waals surface area contributed by atoms with E-state index in [1.54, 1.807) is 12.3 Å². The van der Waals surface area contributed by atoms with Crippen LogP contribution in [-0.4, -0.2) is 5.78 Å². The first-order valence-electron chi connectivity index (χ1n) is 6.24. The Bertz CT molecular complexity index is 412. The van der Waals surface area contributed by atoms with Crippen molar-refractivity contribution in [2.24, 2.45) is 11.3 Å². The average molecular weight is 232 g/mol. The number of furan rings is 1. The maximum atomic E-state index is 12.1. The van der Waals surface area contributed by atoms with Crippen molar-refractivity contribution in [2.45, 2.75) is 39.5 Å². The molecule has 0 radical (unpaired) electrons. The quantitative estimate of drug-likeness (QED) is 0.576. The monoisotopic (exact) mass is 232 g/mol. The fourth-order valence-corrected chi connectivity index (χ4v) is 2.82. The molecule has 0 spiro atoms. The van der Waals surface area contributed by atoms with Crippen LogP contribution in [0.25, 0.3) is 0 Å². The van der Waals surface area contributed by atoms with Gasteiger partial charge >= 0.3 is 0 Å². The summed E-state index contributed by atoms with van der Waals surface area (Å²) >= 11 is 0. The van der Waals surface area contributed by atoms with Gasteiger partial charge in [0.05, 0.1) is 11.8 Å². The summed E-state index contributed by atoms with van der Waals surface area (Å²) in [6, 6.07) is 1.74. The van der Waals surface area contributed by atoms with Gasteiger partial charge in [-0.3, -0.25) is 4.79 Å². The number of carbonyl (C=O) groups excluding carboxylic acids is 1. The van der Waals surface area contributed by atoms with E-state index >= 15 is 0 Å². The van der Waals surface area contributed by atoms with Crippen LogP contribution in [0.3, 0.4) is 0 Å². The van der Waals surface area contributed by atoms with Crippen LogP contribution in [0.2, 0.25) is 0 Å². The molecular weight excluding hydrogens is 212 g/mol. The molecule has 0 aliphatic heterocycles. The van der Waals surface area contributed by atoms with Gasteiger partial charge in [-0.2, -0.15) is 0 Å². The summed E-state index contributed by atoms with van der Waals surface area (Å²) in [5.74, 6) is 0.471. The molecule has 1 fully saturated rings. The van der Waals surface area contributed by atoms with Crippen LogP contribution in [0, 0.1) is 11.3 Å². The standard InChI is InChI=1S/C15H20O2/c1-11-5-4-7-15(2,3)13(11)9-14(16)12-6-8-17-10-12/h6,8,10,13H,1,4-5,7,9H2,2-3H3/t13-/m0/s1. The minimum atomic E-state index is 0.167. The van der Waals surface area contributed by atoms with E-state index in [2.05, 4.69) is 20.4 Å². The molecule has 0 aromatic carbocycles. The smallest absolute Gasteiger partial charge is 0.166 e. The lowest BCUT2D eigenvalue weighted by Crippen LogP contribution is -2.31. The lowest BCUT2D eigenvalue weighted by atomic mass is 9.65. The van der Waals surface area contributed by atoms with Crippen LogP contribution in [0.5, 0.6) is 0 Å². The predicted molar refractivity (Wildman–Crippen MR) is 67.9 cm³/mol. The number of Topliss-reactive ketones (excluding diaryl/α,β-unsaturated/α-hetero) is 1. The molecule has 0 N–H and O–H groups in total. The summed E-state index contributed by atoms with van der Waals surface area (Å²) in [5, 5.41) is 0. The Balaban J connectivity index is 2.11. The fraction of sp³-hybridized carbons (Fsp3) is 0.533. The summed E-state index contributed by atoms with van der Waals surface area (Å²) in [4.78, 5) is 12.1. The Hall–Kier alpha value is -1.31. The molecule has 0 unspecified atom stereocenters. The number of carbonyl (C=O) groups is 1. The topological polar surface area (TPSA) is 30.2 Å². The maximum absolute atomic E-state index is 12.1. The van der Waals surface area contributed by atoms with Gasteiger partial charge in [-0.25, -0.2) is 0 Å². The highest BCUT2D eigenvalue weighted by atomic mass is 16.3. The summed E-state index contributed by atoms with van der Waals surface area (Å²) in [6.45, 7) is 8.63. The van der Waals surface area contributed by atoms with E-state index in [1.165, 1.54) is 24.7 Å². The number of allylic oxidation sites excluding steroid dienone is 1. The summed E-state index contributed by atoms with van der Waals surface area (Å²) < 4.78 is 4.96. The van der Waals surface area contributed by atoms with E-state index in [0.29, 0.717) is 17.9 Å². The first-order chi connectivity index (χ1) is 8.00. The van der Waals surface area contributed by atoms with E-state index in [-0.39, 0.29) is 11.2 Å². The van der Waals surface area contributed by atoms with E-state index in [4.69, 9.17) is 4.42 Å². The number of hydrogen-bond donors (Lipinski definition) is 0. The Labute approximate surface area is 103 Å². The van der Waals surface area contributed by atoms with Crippen molar-refractivity contribution >= 4 is 5.78 Å². The van der Waals surface area contributed by atoms with Gasteiger partial charge in [-0.1, -0.05) is 26.0 Å². The number of rotatable bonds is 3. The Morgan fingerprint density at radius 1 is 1.59 bits per heavy atom. The van der Waals surface area contributed by atoms with E-state index in [0.717, 1.165) is 6.42 Å². The fourth-order valence-electron chi connectivity index (χ4n) is 2.82. The minimum Gasteiger partial charge on any atom is -0.472 e. The molecule has 1 heterocycles. The molecule has 1 aromatic heterocycles. The van der Waals surface area contributed by atoms with Gasteiger partial charge in [0.15, 0.2) is 5.78 Å². The Morgan fingerprint density at radius 2 is 2.35 bits per heavy atom. The highest BCUT2D eigenvalue weighted by molar-refractivity contribution is 5.96. The van der Waals surface area contributed by atoms with Gasteiger partial charge in [-0.05, 0) is 36.7 Å². The van der Waals surface area contributed by atoms with E-state index in [9.17, 15) is 4.79 Å². The van der Waals surface area contributed by atoms with Gasteiger partial charge < -0.3 is 4.42 Å². The van der Waals surface area contributed by atoms with Gasteiger partial charge in [0, 0.05) is 6.42 Å². The molecular formula is C15H20O2. The molecule has 1 aliphatic rings. The second-order valence-electron chi connectivity index (χ2n) is 5.69. The summed E-state index contributed by atoms with van der Waals surface area (Å²) in [5.41, 5.74) is 2.10. The Morgan fingerprint density at radius 3 is 2.94 bits per heavy atom. The lowest BCUT2D eigenvalue weighted by molar-refractivity contribution is 0.0901. The van der Waals surface area contributed by atoms with Crippen molar-refractivity contribution in [1.82, 2.24) is 0 Å². The molecule has 0 bridgehead atoms. The largest absolute Gasteiger partial charge is 0.472 e. The number of hydrogen-bond acceptors (Lipinski definition) is 2. The molecule has 2 heteroatoms. The van der Waals surface area contributed by atoms with E-state index < -0.39 is 0 Å². The summed E-state index contributed by atoms with van der Waals surface area (Å²) in [7, 11) is 0. The van der Waals surface area contributed by atoms with Crippen LogP contribution >= 0.6 is 0 Å². The maximum Gasteiger partial charge on any atom is 0.166 e. The third-order valence-electron chi connectivity index (χ3n) is 3.99. The van der Waals surface area contributed by atoms with E-state index in [1.807, 2.05) is 0 Å². The molecule has 1 aromatic rings. The highest BCUT2D eigenvalue weighted by Crippen LogP contribution is 2.45. The van der Waals surface area contributed by atoms with Gasteiger partial charge in [-0.15, -0.1) is 0 Å². The molecule has 1 aliphatic carbocycles.